The average Bonchev–Trinajstić information content (AvgIpc) is 2.31. The fraction of sp³-hybridized carbons (Fsp3) is 0.556. The van der Waals surface area contributed by atoms with Gasteiger partial charge in [-0.3, -0.25) is 0 Å². The van der Waals surface area contributed by atoms with Crippen LogP contribution in [0.2, 0.25) is 0 Å². The van der Waals surface area contributed by atoms with Gasteiger partial charge in [-0.15, -0.1) is 0 Å². The molecule has 2 nitrogen and oxygen atoms in total. The highest BCUT2D eigenvalue weighted by Crippen LogP contribution is 2.35. The van der Waals surface area contributed by atoms with Crippen LogP contribution in [0.25, 0.3) is 0 Å². The molecule has 2 rings (SSSR count). The van der Waals surface area contributed by atoms with Crippen molar-refractivity contribution in [3.8, 4) is 0 Å². The zero-order valence-electron chi connectivity index (χ0n) is 13.2. The molecular weight excluding hydrogens is 246 g/mol. The topological polar surface area (TPSA) is 35.2 Å². The van der Waals surface area contributed by atoms with Crippen LogP contribution in [0.3, 0.4) is 0 Å². The van der Waals surface area contributed by atoms with E-state index in [1.165, 1.54) is 16.7 Å². The molecule has 0 fully saturated rings. The van der Waals surface area contributed by atoms with Crippen molar-refractivity contribution in [2.24, 2.45) is 11.7 Å². The lowest BCUT2D eigenvalue weighted by atomic mass is 9.80. The van der Waals surface area contributed by atoms with Crippen molar-refractivity contribution in [3.63, 3.8) is 0 Å². The van der Waals surface area contributed by atoms with E-state index in [-0.39, 0.29) is 11.6 Å². The Morgan fingerprint density at radius 3 is 2.75 bits per heavy atom. The van der Waals surface area contributed by atoms with Crippen molar-refractivity contribution in [1.82, 2.24) is 0 Å². The summed E-state index contributed by atoms with van der Waals surface area (Å²) in [5, 5.41) is 0. The molecule has 0 aromatic rings. The Morgan fingerprint density at radius 1 is 1.40 bits per heavy atom. The first-order valence-corrected chi connectivity index (χ1v) is 7.49. The molecule has 2 bridgehead atoms. The van der Waals surface area contributed by atoms with Crippen LogP contribution in [-0.2, 0) is 4.74 Å². The van der Waals surface area contributed by atoms with Gasteiger partial charge >= 0.3 is 0 Å². The third kappa shape index (κ3) is 3.43. The number of nitrogens with two attached hydrogens (primary N) is 1. The Balaban J connectivity index is 2.31. The van der Waals surface area contributed by atoms with E-state index in [1.807, 2.05) is 0 Å². The van der Waals surface area contributed by atoms with Gasteiger partial charge in [0.05, 0.1) is 0 Å². The van der Waals surface area contributed by atoms with Crippen LogP contribution in [0.15, 0.2) is 47.3 Å². The van der Waals surface area contributed by atoms with Crippen LogP contribution in [0, 0.1) is 5.92 Å². The minimum atomic E-state index is -0.206. The second kappa shape index (κ2) is 5.61. The number of ether oxygens (including phenoxy) is 1. The van der Waals surface area contributed by atoms with Crippen molar-refractivity contribution in [1.29, 1.82) is 0 Å². The highest BCUT2D eigenvalue weighted by atomic mass is 16.5. The predicted octanol–water partition coefficient (Wildman–Crippen LogP) is 4.26. The van der Waals surface area contributed by atoms with Crippen molar-refractivity contribution in [2.75, 3.05) is 0 Å². The van der Waals surface area contributed by atoms with Gasteiger partial charge in [-0.25, -0.2) is 0 Å². The summed E-state index contributed by atoms with van der Waals surface area (Å²) in [6, 6.07) is 0.262. The first-order chi connectivity index (χ1) is 9.28. The summed E-state index contributed by atoms with van der Waals surface area (Å²) in [7, 11) is 0. The van der Waals surface area contributed by atoms with E-state index in [0.717, 1.165) is 25.0 Å². The lowest BCUT2D eigenvalue weighted by Gasteiger charge is -2.30. The Kier molecular flexibility index (Phi) is 4.24. The summed E-state index contributed by atoms with van der Waals surface area (Å²) in [5.41, 5.74) is 9.92. The lowest BCUT2D eigenvalue weighted by Crippen LogP contribution is -2.31. The Bertz CT molecular complexity index is 488. The van der Waals surface area contributed by atoms with Crippen molar-refractivity contribution < 1.29 is 4.74 Å². The van der Waals surface area contributed by atoms with Gasteiger partial charge < -0.3 is 10.5 Å². The monoisotopic (exact) mass is 273 g/mol. The summed E-state index contributed by atoms with van der Waals surface area (Å²) in [6.45, 7) is 12.5. The van der Waals surface area contributed by atoms with E-state index in [9.17, 15) is 0 Å². The van der Waals surface area contributed by atoms with Gasteiger partial charge in [-0.1, -0.05) is 24.8 Å². The molecule has 2 N–H and O–H groups in total. The first-order valence-electron chi connectivity index (χ1n) is 7.49. The fourth-order valence-electron chi connectivity index (χ4n) is 2.91. The summed E-state index contributed by atoms with van der Waals surface area (Å²) in [6.07, 6.45) is 9.76. The van der Waals surface area contributed by atoms with Crippen LogP contribution >= 0.6 is 0 Å². The maximum absolute atomic E-state index is 6.18. The highest BCUT2D eigenvalue weighted by Gasteiger charge is 2.24. The normalized spacial score (nSPS) is 31.9. The predicted molar refractivity (Wildman–Crippen MR) is 85.2 cm³/mol. The maximum atomic E-state index is 6.18. The molecule has 0 spiro atoms. The smallest absolute Gasteiger partial charge is 0.116 e. The first kappa shape index (κ1) is 15.1. The number of fused-ring (bicyclic) bond motifs is 1. The summed E-state index contributed by atoms with van der Waals surface area (Å²) in [5.74, 6) is 1.18. The zero-order chi connectivity index (χ0) is 14.9. The summed E-state index contributed by atoms with van der Waals surface area (Å²) in [4.78, 5) is 0. The Hall–Kier alpha value is -1.28. The van der Waals surface area contributed by atoms with E-state index < -0.39 is 0 Å². The number of allylic oxidation sites excluding steroid dienone is 4. The van der Waals surface area contributed by atoms with Crippen LogP contribution in [0.4, 0.5) is 0 Å². The molecule has 2 atom stereocenters. The second-order valence-electron chi connectivity index (χ2n) is 6.85. The fourth-order valence-corrected chi connectivity index (χ4v) is 2.91. The minimum Gasteiger partial charge on any atom is -0.488 e. The van der Waals surface area contributed by atoms with Gasteiger partial charge in [0.25, 0.3) is 0 Å². The molecule has 0 saturated carbocycles. The number of hydrogen-bond acceptors (Lipinski definition) is 2. The molecule has 2 aliphatic rings. The van der Waals surface area contributed by atoms with E-state index in [0.29, 0.717) is 5.92 Å². The van der Waals surface area contributed by atoms with Gasteiger partial charge in [0, 0.05) is 17.5 Å². The van der Waals surface area contributed by atoms with Crippen LogP contribution in [-0.4, -0.2) is 11.6 Å². The van der Waals surface area contributed by atoms with Crippen molar-refractivity contribution in [2.45, 2.75) is 58.6 Å². The summed E-state index contributed by atoms with van der Waals surface area (Å²) >= 11 is 0. The summed E-state index contributed by atoms with van der Waals surface area (Å²) < 4.78 is 5.96. The van der Waals surface area contributed by atoms with Gasteiger partial charge in [0.2, 0.25) is 0 Å². The van der Waals surface area contributed by atoms with Crippen LogP contribution in [0.1, 0.15) is 47.0 Å². The lowest BCUT2D eigenvalue weighted by molar-refractivity contribution is 0.0576. The number of hydrogen-bond donors (Lipinski definition) is 1. The number of rotatable bonds is 2. The molecule has 0 aliphatic heterocycles. The average molecular weight is 273 g/mol. The van der Waals surface area contributed by atoms with E-state index in [1.54, 1.807) is 0 Å². The maximum Gasteiger partial charge on any atom is 0.116 e. The molecule has 0 heterocycles. The highest BCUT2D eigenvalue weighted by molar-refractivity contribution is 5.45. The molecular formula is C18H27NO. The van der Waals surface area contributed by atoms with Gasteiger partial charge in [-0.2, -0.15) is 0 Å². The Morgan fingerprint density at radius 2 is 2.10 bits per heavy atom. The molecule has 0 aromatic carbocycles. The molecule has 0 amide bonds. The molecule has 0 saturated heterocycles. The van der Waals surface area contributed by atoms with Crippen molar-refractivity contribution in [3.05, 3.63) is 47.3 Å². The molecule has 0 aromatic heterocycles. The van der Waals surface area contributed by atoms with E-state index in [2.05, 4.69) is 52.5 Å². The second-order valence-corrected chi connectivity index (χ2v) is 6.85. The third-order valence-corrected chi connectivity index (χ3v) is 4.02. The molecule has 1 unspecified atom stereocenters. The van der Waals surface area contributed by atoms with Crippen LogP contribution in [0.5, 0.6) is 0 Å². The third-order valence-electron chi connectivity index (χ3n) is 4.02. The minimum absolute atomic E-state index is 0.206. The Labute approximate surface area is 123 Å². The van der Waals surface area contributed by atoms with Gasteiger partial charge in [-0.05, 0) is 58.1 Å². The molecule has 0 radical (unpaired) electrons. The molecule has 2 aliphatic carbocycles. The van der Waals surface area contributed by atoms with Gasteiger partial charge in [0.15, 0.2) is 0 Å². The molecule has 110 valence electrons. The van der Waals surface area contributed by atoms with Crippen molar-refractivity contribution >= 4 is 0 Å². The largest absolute Gasteiger partial charge is 0.488 e. The van der Waals surface area contributed by atoms with Crippen LogP contribution < -0.4 is 5.73 Å². The van der Waals surface area contributed by atoms with E-state index >= 15 is 0 Å². The van der Waals surface area contributed by atoms with Gasteiger partial charge in [0.1, 0.15) is 11.4 Å². The SMILES string of the molecule is C=C(OC(C)(C)C)/C1=C(\C)C2=CC(/C=C\C1)[C@@H](N)CC2. The zero-order valence-corrected chi connectivity index (χ0v) is 13.2. The molecule has 2 heteroatoms. The standard InChI is InChI=1S/C18H27NO/c1-12-14-9-10-17(19)15(11-14)7-6-8-16(12)13(2)20-18(3,4)5/h6-7,11,15,17H,2,8-10,19H2,1,3-5H3/b7-6-,16-12+/t15?,17-/m0/s1. The molecule has 20 heavy (non-hydrogen) atoms. The quantitative estimate of drug-likeness (QED) is 0.603. The van der Waals surface area contributed by atoms with E-state index in [4.69, 9.17) is 10.5 Å².